The third-order valence-corrected chi connectivity index (χ3v) is 8.94. The van der Waals surface area contributed by atoms with E-state index in [1.807, 2.05) is 41.6 Å². The van der Waals surface area contributed by atoms with E-state index in [-0.39, 0.29) is 5.82 Å². The lowest BCUT2D eigenvalue weighted by Crippen LogP contribution is -2.39. The van der Waals surface area contributed by atoms with Crippen LogP contribution in [0.25, 0.3) is 16.6 Å². The Hall–Kier alpha value is -3.50. The molecule has 2 aromatic heterocycles. The average molecular weight is 530 g/mol. The molecule has 3 aromatic carbocycles. The molecule has 1 aliphatic rings. The molecule has 1 fully saturated rings. The van der Waals surface area contributed by atoms with E-state index in [4.69, 9.17) is 0 Å². The number of aromatic nitrogens is 4. The van der Waals surface area contributed by atoms with Gasteiger partial charge >= 0.3 is 0 Å². The van der Waals surface area contributed by atoms with Crippen molar-refractivity contribution >= 4 is 22.3 Å². The first kappa shape index (κ1) is 24.8. The van der Waals surface area contributed by atoms with Gasteiger partial charge in [0, 0.05) is 24.4 Å². The smallest absolute Gasteiger partial charge is 0.211 e. The van der Waals surface area contributed by atoms with Gasteiger partial charge in [0.25, 0.3) is 0 Å². The number of aliphatic hydroxyl groups excluding tert-OH is 1. The van der Waals surface area contributed by atoms with E-state index >= 15 is 0 Å². The lowest BCUT2D eigenvalue weighted by molar-refractivity contribution is 0.0865. The average Bonchev–Trinajstić information content (AvgIpc) is 3.67. The molecule has 0 amide bonds. The monoisotopic (exact) mass is 529 g/mol. The highest BCUT2D eigenvalue weighted by molar-refractivity contribution is 7.89. The van der Waals surface area contributed by atoms with Gasteiger partial charge in [-0.2, -0.15) is 10.2 Å². The van der Waals surface area contributed by atoms with Crippen LogP contribution >= 0.6 is 0 Å². The fraction of sp³-hybridized carbons (Fsp3) is 0.241. The summed E-state index contributed by atoms with van der Waals surface area (Å²) in [5.41, 5.74) is 3.82. The number of halogens is 1. The molecule has 38 heavy (non-hydrogen) atoms. The summed E-state index contributed by atoms with van der Waals surface area (Å²) in [4.78, 5) is 0.644. The van der Waals surface area contributed by atoms with Crippen LogP contribution < -0.4 is 0 Å². The molecule has 0 radical (unpaired) electrons. The van der Waals surface area contributed by atoms with Crippen LogP contribution in [0.5, 0.6) is 0 Å². The molecule has 5 aromatic rings. The Labute approximate surface area is 223 Å². The molecule has 1 saturated heterocycles. The summed E-state index contributed by atoms with van der Waals surface area (Å²) in [5.74, 6) is -0.296. The molecule has 1 N–H and O–H groups in total. The van der Waals surface area contributed by atoms with Crippen molar-refractivity contribution in [3.8, 4) is 5.69 Å². The second-order valence-electron chi connectivity index (χ2n) is 9.94. The van der Waals surface area contributed by atoms with Crippen molar-refractivity contribution in [1.29, 1.82) is 0 Å². The second-order valence-corrected chi connectivity index (χ2v) is 11.4. The van der Waals surface area contributed by atoms with Crippen molar-refractivity contribution < 1.29 is 14.0 Å². The van der Waals surface area contributed by atoms with Crippen LogP contribution in [0.3, 0.4) is 0 Å². The lowest BCUT2D eigenvalue weighted by Gasteiger charge is -2.36. The largest absolute Gasteiger partial charge is 0.593 e. The molecule has 0 spiro atoms. The summed E-state index contributed by atoms with van der Waals surface area (Å²) in [7, 11) is 1.80. The SMILES string of the molecule is Cc1cc2c(cnn2-c2ccc(F)cc2)cc1C1(C(O)c2ccccc2)CCN([S+]([O-])c2cnn(C)c2)C1. The van der Waals surface area contributed by atoms with Crippen molar-refractivity contribution in [2.75, 3.05) is 13.1 Å². The number of fused-ring (bicyclic) bond motifs is 1. The number of aryl methyl sites for hydroxylation is 2. The van der Waals surface area contributed by atoms with Crippen LogP contribution in [0.1, 0.15) is 29.2 Å². The summed E-state index contributed by atoms with van der Waals surface area (Å²) in [6.45, 7) is 3.03. The molecular formula is C29H28FN5O2S. The fourth-order valence-corrected chi connectivity index (χ4v) is 6.91. The third kappa shape index (κ3) is 4.21. The highest BCUT2D eigenvalue weighted by Crippen LogP contribution is 2.48. The molecule has 0 bridgehead atoms. The van der Waals surface area contributed by atoms with Crippen LogP contribution in [-0.2, 0) is 23.8 Å². The van der Waals surface area contributed by atoms with E-state index in [1.165, 1.54) is 12.1 Å². The quantitative estimate of drug-likeness (QED) is 0.325. The van der Waals surface area contributed by atoms with E-state index in [0.29, 0.717) is 24.4 Å². The van der Waals surface area contributed by atoms with Crippen molar-refractivity contribution in [2.24, 2.45) is 7.05 Å². The van der Waals surface area contributed by atoms with Crippen LogP contribution in [0.4, 0.5) is 4.39 Å². The van der Waals surface area contributed by atoms with E-state index in [1.54, 1.807) is 47.1 Å². The lowest BCUT2D eigenvalue weighted by atomic mass is 9.71. The van der Waals surface area contributed by atoms with Gasteiger partial charge in [-0.1, -0.05) is 30.3 Å². The van der Waals surface area contributed by atoms with Crippen molar-refractivity contribution in [3.05, 3.63) is 108 Å². The topological polar surface area (TPSA) is 82.2 Å². The normalized spacial score (nSPS) is 19.7. The molecule has 1 aliphatic heterocycles. The minimum Gasteiger partial charge on any atom is -0.593 e. The van der Waals surface area contributed by atoms with Crippen molar-refractivity contribution in [1.82, 2.24) is 23.9 Å². The van der Waals surface area contributed by atoms with E-state index in [2.05, 4.69) is 22.3 Å². The minimum absolute atomic E-state index is 0.296. The predicted octanol–water partition coefficient (Wildman–Crippen LogP) is 4.61. The maximum atomic E-state index is 13.5. The van der Waals surface area contributed by atoms with Gasteiger partial charge in [0.05, 0.1) is 47.6 Å². The number of nitrogens with zero attached hydrogens (tertiary/aromatic N) is 5. The van der Waals surface area contributed by atoms with Gasteiger partial charge in [-0.25, -0.2) is 9.07 Å². The van der Waals surface area contributed by atoms with Crippen molar-refractivity contribution in [2.45, 2.75) is 29.8 Å². The van der Waals surface area contributed by atoms with Crippen molar-refractivity contribution in [3.63, 3.8) is 0 Å². The Kier molecular flexibility index (Phi) is 6.31. The first-order chi connectivity index (χ1) is 18.4. The molecule has 194 valence electrons. The molecule has 3 atom stereocenters. The standard InChI is InChI=1S/C29H28FN5O2S/c1-20-14-27-22(16-32-35(27)24-10-8-23(30)9-11-24)15-26(20)29(28(36)21-6-4-3-5-7-21)12-13-34(19-29)38(37)25-17-31-33(2)18-25/h3-11,14-18,28,36H,12-13,19H2,1-2H3. The Bertz CT molecular complexity index is 1590. The molecule has 9 heteroatoms. The number of aliphatic hydroxyl groups is 1. The first-order valence-corrected chi connectivity index (χ1v) is 13.6. The summed E-state index contributed by atoms with van der Waals surface area (Å²) >= 11 is -1.40. The maximum Gasteiger partial charge on any atom is 0.211 e. The van der Waals surface area contributed by atoms with Gasteiger partial charge in [0.2, 0.25) is 4.90 Å². The van der Waals surface area contributed by atoms with E-state index in [0.717, 1.165) is 33.3 Å². The number of hydrogen-bond donors (Lipinski definition) is 1. The van der Waals surface area contributed by atoms with Gasteiger partial charge in [-0.3, -0.25) is 4.68 Å². The zero-order valence-electron chi connectivity index (χ0n) is 21.2. The number of hydrogen-bond acceptors (Lipinski definition) is 5. The summed E-state index contributed by atoms with van der Waals surface area (Å²) in [6.07, 6.45) is 5.02. The van der Waals surface area contributed by atoms with Gasteiger partial charge in [0.1, 0.15) is 12.0 Å². The molecule has 3 heterocycles. The minimum atomic E-state index is -1.40. The Morgan fingerprint density at radius 2 is 1.82 bits per heavy atom. The van der Waals surface area contributed by atoms with Gasteiger partial charge in [0.15, 0.2) is 0 Å². The third-order valence-electron chi connectivity index (χ3n) is 7.54. The van der Waals surface area contributed by atoms with Gasteiger partial charge in [-0.15, -0.1) is 4.31 Å². The van der Waals surface area contributed by atoms with Crippen LogP contribution in [0.2, 0.25) is 0 Å². The number of rotatable bonds is 6. The molecule has 3 unspecified atom stereocenters. The highest BCUT2D eigenvalue weighted by Gasteiger charge is 2.50. The van der Waals surface area contributed by atoms with E-state index < -0.39 is 22.9 Å². The Balaban J connectivity index is 1.44. The first-order valence-electron chi connectivity index (χ1n) is 12.5. The fourth-order valence-electron chi connectivity index (χ4n) is 5.62. The zero-order chi connectivity index (χ0) is 26.4. The second kappa shape index (κ2) is 9.67. The Morgan fingerprint density at radius 3 is 2.53 bits per heavy atom. The Morgan fingerprint density at radius 1 is 1.05 bits per heavy atom. The summed E-state index contributed by atoms with van der Waals surface area (Å²) < 4.78 is 32.4. The maximum absolute atomic E-state index is 13.5. The van der Waals surface area contributed by atoms with Crippen LogP contribution in [-0.4, -0.2) is 46.6 Å². The molecule has 0 saturated carbocycles. The molecule has 7 nitrogen and oxygen atoms in total. The molecular weight excluding hydrogens is 501 g/mol. The summed E-state index contributed by atoms with van der Waals surface area (Å²) in [5, 5.41) is 21.6. The summed E-state index contributed by atoms with van der Waals surface area (Å²) in [6, 6.07) is 20.1. The molecule has 6 rings (SSSR count). The van der Waals surface area contributed by atoms with Gasteiger partial charge < -0.3 is 9.66 Å². The predicted molar refractivity (Wildman–Crippen MR) is 145 cm³/mol. The zero-order valence-corrected chi connectivity index (χ0v) is 22.0. The van der Waals surface area contributed by atoms with E-state index in [9.17, 15) is 14.0 Å². The van der Waals surface area contributed by atoms with Crippen LogP contribution in [0, 0.1) is 12.7 Å². The van der Waals surface area contributed by atoms with Crippen LogP contribution in [0.15, 0.2) is 90.2 Å². The highest BCUT2D eigenvalue weighted by atomic mass is 32.2. The molecule has 0 aliphatic carbocycles. The number of benzene rings is 3. The van der Waals surface area contributed by atoms with Gasteiger partial charge in [-0.05, 0) is 66.4 Å².